The topological polar surface area (TPSA) is 87.7 Å². The second kappa shape index (κ2) is 10.4. The summed E-state index contributed by atoms with van der Waals surface area (Å²) in [6.45, 7) is 4.44. The number of hydrogen-bond donors (Lipinski definition) is 2. The van der Waals surface area contributed by atoms with Crippen LogP contribution in [0.25, 0.3) is 0 Å². The number of carbonyl (C=O) groups is 3. The summed E-state index contributed by atoms with van der Waals surface area (Å²) < 4.78 is 6.52. The number of benzene rings is 1. The number of amides is 3. The van der Waals surface area contributed by atoms with Crippen molar-refractivity contribution in [3.05, 3.63) is 40.4 Å². The molecule has 2 bridgehead atoms. The molecule has 5 aliphatic rings. The second-order valence-corrected chi connectivity index (χ2v) is 13.1. The molecule has 9 heteroatoms. The summed E-state index contributed by atoms with van der Waals surface area (Å²) in [5.74, 6) is -1.27. The van der Waals surface area contributed by atoms with E-state index in [0.717, 1.165) is 51.4 Å². The fourth-order valence-electron chi connectivity index (χ4n) is 7.86. The third-order valence-corrected chi connectivity index (χ3v) is 10.4. The number of fused-ring (bicyclic) bond motifs is 1. The molecule has 2 saturated heterocycles. The number of hydrogen-bond acceptors (Lipinski definition) is 4. The number of rotatable bonds is 5. The van der Waals surface area contributed by atoms with Crippen LogP contribution in [0.4, 0.5) is 5.69 Å². The predicted octanol–water partition coefficient (Wildman–Crippen LogP) is 5.36. The highest BCUT2D eigenvalue weighted by Gasteiger charge is 2.73. The summed E-state index contributed by atoms with van der Waals surface area (Å²) >= 11 is 12.3. The van der Waals surface area contributed by atoms with Crippen molar-refractivity contribution < 1.29 is 19.1 Å². The number of ether oxygens (including phenoxy) is 1. The van der Waals surface area contributed by atoms with Crippen LogP contribution in [-0.4, -0.2) is 52.5 Å². The van der Waals surface area contributed by atoms with Crippen molar-refractivity contribution in [2.24, 2.45) is 23.7 Å². The second-order valence-electron chi connectivity index (χ2n) is 12.3. The first-order valence-corrected chi connectivity index (χ1v) is 15.2. The Morgan fingerprint density at radius 3 is 2.41 bits per heavy atom. The number of nitrogens with zero attached hydrogens (tertiary/aromatic N) is 1. The van der Waals surface area contributed by atoms with E-state index in [2.05, 4.69) is 24.5 Å². The van der Waals surface area contributed by atoms with Gasteiger partial charge in [-0.25, -0.2) is 0 Å². The van der Waals surface area contributed by atoms with E-state index in [-0.39, 0.29) is 29.8 Å². The Hall–Kier alpha value is -2.09. The van der Waals surface area contributed by atoms with E-state index in [1.165, 1.54) is 0 Å². The van der Waals surface area contributed by atoms with Gasteiger partial charge in [-0.05, 0) is 49.3 Å². The minimum absolute atomic E-state index is 0.0313. The van der Waals surface area contributed by atoms with Crippen molar-refractivity contribution in [2.75, 3.05) is 5.32 Å². The first-order valence-electron chi connectivity index (χ1n) is 14.5. The lowest BCUT2D eigenvalue weighted by Crippen LogP contribution is -2.59. The number of anilines is 1. The maximum Gasteiger partial charge on any atom is 0.246 e. The molecule has 39 heavy (non-hydrogen) atoms. The fraction of sp³-hybridized carbons (Fsp3) is 0.633. The van der Waals surface area contributed by atoms with Crippen molar-refractivity contribution in [3.63, 3.8) is 0 Å². The van der Waals surface area contributed by atoms with Gasteiger partial charge in [-0.15, -0.1) is 0 Å². The van der Waals surface area contributed by atoms with Gasteiger partial charge in [0.05, 0.1) is 17.9 Å². The zero-order valence-corrected chi connectivity index (χ0v) is 24.0. The molecule has 3 amide bonds. The Morgan fingerprint density at radius 2 is 1.69 bits per heavy atom. The van der Waals surface area contributed by atoms with E-state index >= 15 is 0 Å². The fourth-order valence-corrected chi connectivity index (χ4v) is 8.38. The molecule has 1 spiro atoms. The maximum absolute atomic E-state index is 14.3. The van der Waals surface area contributed by atoms with E-state index in [4.69, 9.17) is 27.9 Å². The Balaban J connectivity index is 1.32. The van der Waals surface area contributed by atoms with Gasteiger partial charge in [0, 0.05) is 27.8 Å². The largest absolute Gasteiger partial charge is 0.359 e. The normalized spacial score (nSPS) is 37.7. The van der Waals surface area contributed by atoms with Gasteiger partial charge in [-0.1, -0.05) is 81.3 Å². The Kier molecular flexibility index (Phi) is 7.22. The lowest BCUT2D eigenvalue weighted by molar-refractivity contribution is -0.145. The molecule has 8 atom stereocenters. The lowest BCUT2D eigenvalue weighted by atomic mass is 9.73. The maximum atomic E-state index is 14.3. The molecule has 210 valence electrons. The van der Waals surface area contributed by atoms with Gasteiger partial charge in [-0.3, -0.25) is 14.4 Å². The van der Waals surface area contributed by atoms with Crippen LogP contribution >= 0.6 is 23.2 Å². The van der Waals surface area contributed by atoms with Crippen molar-refractivity contribution in [1.29, 1.82) is 0 Å². The van der Waals surface area contributed by atoms with Crippen LogP contribution in [0.15, 0.2) is 30.4 Å². The average Bonchev–Trinajstić information content (AvgIpc) is 3.54. The van der Waals surface area contributed by atoms with Gasteiger partial charge >= 0.3 is 0 Å². The zero-order valence-electron chi connectivity index (χ0n) is 22.5. The van der Waals surface area contributed by atoms with Gasteiger partial charge in [0.1, 0.15) is 11.6 Å². The van der Waals surface area contributed by atoms with Gasteiger partial charge in [-0.2, -0.15) is 0 Å². The molecule has 0 radical (unpaired) electrons. The average molecular weight is 575 g/mol. The minimum atomic E-state index is -1.15. The summed E-state index contributed by atoms with van der Waals surface area (Å²) in [4.78, 5) is 44.0. The Bertz CT molecular complexity index is 1180. The molecule has 2 saturated carbocycles. The van der Waals surface area contributed by atoms with Crippen molar-refractivity contribution in [3.8, 4) is 0 Å². The molecule has 4 fully saturated rings. The van der Waals surface area contributed by atoms with E-state index in [1.54, 1.807) is 23.1 Å². The van der Waals surface area contributed by atoms with E-state index in [1.807, 2.05) is 12.2 Å². The number of likely N-dealkylation sites (tertiary alicyclic amines) is 1. The Labute approximate surface area is 240 Å². The van der Waals surface area contributed by atoms with E-state index < -0.39 is 29.6 Å². The highest BCUT2D eigenvalue weighted by atomic mass is 35.5. The summed E-state index contributed by atoms with van der Waals surface area (Å²) in [6, 6.07) is 4.08. The first kappa shape index (κ1) is 27.1. The van der Waals surface area contributed by atoms with Crippen molar-refractivity contribution in [2.45, 2.75) is 95.0 Å². The van der Waals surface area contributed by atoms with Gasteiger partial charge in [0.15, 0.2) is 0 Å². The van der Waals surface area contributed by atoms with E-state index in [0.29, 0.717) is 27.6 Å². The number of carbonyl (C=O) groups excluding carboxylic acids is 3. The number of halogens is 2. The van der Waals surface area contributed by atoms with Crippen LogP contribution in [0.3, 0.4) is 0 Å². The molecule has 0 aromatic heterocycles. The third-order valence-electron chi connectivity index (χ3n) is 10.00. The molecule has 3 aliphatic heterocycles. The molecule has 1 aromatic carbocycles. The van der Waals surface area contributed by atoms with Crippen molar-refractivity contribution in [1.82, 2.24) is 10.2 Å². The molecule has 0 unspecified atom stereocenters. The summed E-state index contributed by atoms with van der Waals surface area (Å²) in [5, 5.41) is 7.05. The lowest BCUT2D eigenvalue weighted by Gasteiger charge is -2.40. The molecule has 6 rings (SSSR count). The number of nitrogens with one attached hydrogen (secondary N) is 2. The summed E-state index contributed by atoms with van der Waals surface area (Å²) in [6.07, 6.45) is 11.2. The SMILES string of the molecule is C[C@H]1[C@H](C)CCC[C@@H]1NC(=O)[C@@H]1N(C2CCCCC2)C(=O)[C@@H]2[C@H](C(=O)Nc3cc(Cl)cc(Cl)c3)[C@@H]3C=C[C@]21O3. The van der Waals surface area contributed by atoms with Crippen LogP contribution in [0.5, 0.6) is 0 Å². The summed E-state index contributed by atoms with van der Waals surface area (Å²) in [5.41, 5.74) is -0.691. The molecule has 3 heterocycles. The van der Waals surface area contributed by atoms with Gasteiger partial charge in [0.2, 0.25) is 17.7 Å². The first-order chi connectivity index (χ1) is 18.7. The molecule has 1 aromatic rings. The highest BCUT2D eigenvalue weighted by Crippen LogP contribution is 2.56. The monoisotopic (exact) mass is 573 g/mol. The quantitative estimate of drug-likeness (QED) is 0.464. The van der Waals surface area contributed by atoms with Crippen molar-refractivity contribution >= 4 is 46.6 Å². The van der Waals surface area contributed by atoms with E-state index in [9.17, 15) is 14.4 Å². The zero-order chi connectivity index (χ0) is 27.5. The van der Waals surface area contributed by atoms with Gasteiger partial charge < -0.3 is 20.3 Å². The summed E-state index contributed by atoms with van der Waals surface area (Å²) in [7, 11) is 0. The minimum Gasteiger partial charge on any atom is -0.359 e. The third kappa shape index (κ3) is 4.58. The molecule has 2 aliphatic carbocycles. The smallest absolute Gasteiger partial charge is 0.246 e. The predicted molar refractivity (Wildman–Crippen MR) is 150 cm³/mol. The standard InChI is InChI=1S/C30H37Cl2N3O4/c1-16-7-6-10-22(17(16)2)34-28(37)26-30-12-11-23(39-30)24(27(36)33-20-14-18(31)13-19(32)15-20)25(30)29(38)35(26)21-8-4-3-5-9-21/h11-17,21-26H,3-10H2,1-2H3,(H,33,36)(H,34,37)/t16-,17+,22+,23+,24-,25+,26+,30+/m1/s1. The van der Waals surface area contributed by atoms with Crippen LogP contribution in [-0.2, 0) is 19.1 Å². The van der Waals surface area contributed by atoms with Crippen LogP contribution in [0, 0.1) is 23.7 Å². The van der Waals surface area contributed by atoms with Crippen LogP contribution in [0.2, 0.25) is 10.0 Å². The van der Waals surface area contributed by atoms with Crippen LogP contribution in [0.1, 0.15) is 65.2 Å². The van der Waals surface area contributed by atoms with Crippen LogP contribution < -0.4 is 10.6 Å². The Morgan fingerprint density at radius 1 is 0.974 bits per heavy atom. The molecular weight excluding hydrogens is 537 g/mol. The molecule has 2 N–H and O–H groups in total. The molecular formula is C30H37Cl2N3O4. The van der Waals surface area contributed by atoms with Gasteiger partial charge in [0.25, 0.3) is 0 Å². The molecule has 7 nitrogen and oxygen atoms in total. The highest BCUT2D eigenvalue weighted by molar-refractivity contribution is 6.35.